The summed E-state index contributed by atoms with van der Waals surface area (Å²) in [6.07, 6.45) is 1.02. The molecule has 1 N–H and O–H groups in total. The molecule has 6 nitrogen and oxygen atoms in total. The quantitative estimate of drug-likeness (QED) is 0.422. The van der Waals surface area contributed by atoms with Crippen LogP contribution in [0.2, 0.25) is 0 Å². The zero-order valence-corrected chi connectivity index (χ0v) is 18.0. The molecule has 0 unspecified atom stereocenters. The van der Waals surface area contributed by atoms with Crippen molar-refractivity contribution in [2.24, 2.45) is 0 Å². The third-order valence-electron chi connectivity index (χ3n) is 4.45. The zero-order valence-electron chi connectivity index (χ0n) is 18.0. The Bertz CT molecular complexity index is 817. The van der Waals surface area contributed by atoms with Gasteiger partial charge in [-0.05, 0) is 56.3 Å². The predicted molar refractivity (Wildman–Crippen MR) is 117 cm³/mol. The van der Waals surface area contributed by atoms with E-state index in [0.717, 1.165) is 29.9 Å². The summed E-state index contributed by atoms with van der Waals surface area (Å²) in [7, 11) is 5.45. The van der Waals surface area contributed by atoms with Crippen molar-refractivity contribution in [1.29, 1.82) is 0 Å². The molecule has 30 heavy (non-hydrogen) atoms. The number of aryl methyl sites for hydroxylation is 2. The summed E-state index contributed by atoms with van der Waals surface area (Å²) in [6.45, 7) is 4.06. The van der Waals surface area contributed by atoms with Crippen molar-refractivity contribution in [1.82, 2.24) is 4.90 Å². The third kappa shape index (κ3) is 8.17. The predicted octanol–water partition coefficient (Wildman–Crippen LogP) is 3.79. The van der Waals surface area contributed by atoms with Crippen molar-refractivity contribution in [3.05, 3.63) is 72.0 Å². The second kappa shape index (κ2) is 11.9. The Labute approximate surface area is 178 Å². The average molecular weight is 414 g/mol. The average Bonchev–Trinajstić information content (AvgIpc) is 2.70. The minimum Gasteiger partial charge on any atom is -0.512 e. The van der Waals surface area contributed by atoms with Crippen molar-refractivity contribution >= 4 is 5.97 Å². The Morgan fingerprint density at radius 1 is 1.10 bits per heavy atom. The second-order valence-electron chi connectivity index (χ2n) is 7.38. The molecule has 0 spiro atoms. The molecule has 2 aromatic rings. The molecule has 0 radical (unpaired) electrons. The highest BCUT2D eigenvalue weighted by Crippen LogP contribution is 2.21. The van der Waals surface area contributed by atoms with Crippen LogP contribution in [0.4, 0.5) is 0 Å². The third-order valence-corrected chi connectivity index (χ3v) is 4.45. The molecule has 2 aromatic carbocycles. The summed E-state index contributed by atoms with van der Waals surface area (Å²) in [5, 5.41) is 9.20. The number of hydrogen-bond acceptors (Lipinski definition) is 6. The van der Waals surface area contributed by atoms with Crippen LogP contribution in [0.1, 0.15) is 17.5 Å². The number of aliphatic hydroxyl groups is 1. The molecule has 0 saturated heterocycles. The normalized spacial score (nSPS) is 11.7. The fourth-order valence-corrected chi connectivity index (χ4v) is 3.03. The van der Waals surface area contributed by atoms with E-state index in [1.807, 2.05) is 55.4 Å². The number of carbonyl (C=O) groups is 1. The van der Waals surface area contributed by atoms with E-state index in [9.17, 15) is 9.90 Å². The lowest BCUT2D eigenvalue weighted by molar-refractivity contribution is -0.151. The van der Waals surface area contributed by atoms with Crippen LogP contribution in [0.3, 0.4) is 0 Å². The number of esters is 1. The Morgan fingerprint density at radius 3 is 2.43 bits per heavy atom. The fraction of sp³-hybridized carbons (Fsp3) is 0.375. The monoisotopic (exact) mass is 413 g/mol. The smallest absolute Gasteiger partial charge is 0.313 e. The number of likely N-dealkylation sites (N-methyl/N-ethyl adjacent to an activating group) is 1. The summed E-state index contributed by atoms with van der Waals surface area (Å²) in [6, 6.07) is 15.9. The molecule has 0 aromatic heterocycles. The molecule has 0 fully saturated rings. The Balaban J connectivity index is 1.98. The van der Waals surface area contributed by atoms with Gasteiger partial charge in [-0.1, -0.05) is 36.9 Å². The van der Waals surface area contributed by atoms with Crippen molar-refractivity contribution in [3.8, 4) is 11.5 Å². The van der Waals surface area contributed by atoms with Crippen LogP contribution in [-0.2, 0) is 22.4 Å². The highest BCUT2D eigenvalue weighted by atomic mass is 16.6. The second-order valence-corrected chi connectivity index (χ2v) is 7.38. The molecular formula is C24H31NO5. The number of benzene rings is 2. The first-order valence-electron chi connectivity index (χ1n) is 9.92. The van der Waals surface area contributed by atoms with Gasteiger partial charge in [0.05, 0.1) is 12.9 Å². The van der Waals surface area contributed by atoms with Gasteiger partial charge < -0.3 is 24.2 Å². The van der Waals surface area contributed by atoms with Crippen LogP contribution >= 0.6 is 0 Å². The number of carbonyl (C=O) groups excluding carboxylic acids is 1. The zero-order chi connectivity index (χ0) is 21.9. The first-order chi connectivity index (χ1) is 14.4. The summed E-state index contributed by atoms with van der Waals surface area (Å²) < 4.78 is 16.7. The van der Waals surface area contributed by atoms with Gasteiger partial charge in [0.2, 0.25) is 0 Å². The van der Waals surface area contributed by atoms with Gasteiger partial charge in [-0.15, -0.1) is 0 Å². The fourth-order valence-electron chi connectivity index (χ4n) is 3.03. The number of methoxy groups -OCH3 is 1. The van der Waals surface area contributed by atoms with Crippen molar-refractivity contribution in [3.63, 3.8) is 0 Å². The maximum absolute atomic E-state index is 11.9. The van der Waals surface area contributed by atoms with Crippen LogP contribution in [0.25, 0.3) is 0 Å². The summed E-state index contributed by atoms with van der Waals surface area (Å²) in [5.74, 6) is 0.880. The molecule has 1 atom stereocenters. The molecule has 2 rings (SSSR count). The molecule has 0 heterocycles. The molecule has 0 amide bonds. The van der Waals surface area contributed by atoms with E-state index in [1.54, 1.807) is 7.11 Å². The van der Waals surface area contributed by atoms with Gasteiger partial charge >= 0.3 is 5.97 Å². The highest BCUT2D eigenvalue weighted by Gasteiger charge is 2.18. The molecule has 0 bridgehead atoms. The van der Waals surface area contributed by atoms with E-state index in [1.165, 1.54) is 5.56 Å². The van der Waals surface area contributed by atoms with E-state index in [0.29, 0.717) is 6.54 Å². The van der Waals surface area contributed by atoms with Crippen molar-refractivity contribution in [2.45, 2.75) is 25.4 Å². The van der Waals surface area contributed by atoms with E-state index in [4.69, 9.17) is 14.2 Å². The van der Waals surface area contributed by atoms with E-state index in [-0.39, 0.29) is 18.8 Å². The van der Waals surface area contributed by atoms with Crippen LogP contribution in [-0.4, -0.2) is 56.4 Å². The molecule has 0 aliphatic rings. The first kappa shape index (κ1) is 23.3. The minimum atomic E-state index is -0.522. The Kier molecular flexibility index (Phi) is 9.22. The maximum atomic E-state index is 11.9. The van der Waals surface area contributed by atoms with E-state index < -0.39 is 12.1 Å². The summed E-state index contributed by atoms with van der Waals surface area (Å²) in [4.78, 5) is 13.8. The summed E-state index contributed by atoms with van der Waals surface area (Å²) in [5.41, 5.74) is 2.31. The molecule has 6 heteroatoms. The highest BCUT2D eigenvalue weighted by molar-refractivity contribution is 5.71. The van der Waals surface area contributed by atoms with Gasteiger partial charge in [-0.3, -0.25) is 4.79 Å². The largest absolute Gasteiger partial charge is 0.512 e. The van der Waals surface area contributed by atoms with Crippen molar-refractivity contribution in [2.75, 3.05) is 34.4 Å². The van der Waals surface area contributed by atoms with Crippen LogP contribution < -0.4 is 9.47 Å². The van der Waals surface area contributed by atoms with E-state index in [2.05, 4.69) is 18.7 Å². The van der Waals surface area contributed by atoms with Gasteiger partial charge in [-0.25, -0.2) is 0 Å². The lowest BCUT2D eigenvalue weighted by Gasteiger charge is -2.22. The Morgan fingerprint density at radius 2 is 1.80 bits per heavy atom. The number of rotatable bonds is 12. The van der Waals surface area contributed by atoms with Gasteiger partial charge in [-0.2, -0.15) is 0 Å². The van der Waals surface area contributed by atoms with E-state index >= 15 is 0 Å². The molecular weight excluding hydrogens is 382 g/mol. The van der Waals surface area contributed by atoms with Crippen molar-refractivity contribution < 1.29 is 24.1 Å². The van der Waals surface area contributed by atoms with Gasteiger partial charge in [0, 0.05) is 6.54 Å². The number of nitrogens with zero attached hydrogens (tertiary/aromatic N) is 1. The van der Waals surface area contributed by atoms with Gasteiger partial charge in [0.25, 0.3) is 0 Å². The number of para-hydroxylation sites is 1. The number of hydrogen-bond donors (Lipinski definition) is 1. The molecule has 0 aliphatic carbocycles. The SMILES string of the molecule is C=C(O)CC(=O)O[C@H](COc1ccccc1CCc1ccc(OC)cc1)CN(C)C. The maximum Gasteiger partial charge on any atom is 0.313 e. The minimum absolute atomic E-state index is 0.214. The van der Waals surface area contributed by atoms with Crippen LogP contribution in [0.15, 0.2) is 60.9 Å². The topological polar surface area (TPSA) is 68.2 Å². The van der Waals surface area contributed by atoms with Crippen LogP contribution in [0.5, 0.6) is 11.5 Å². The standard InChI is InChI=1S/C24H31NO5/c1-18(26)15-24(27)30-22(16-25(2)3)17-29-23-8-6-5-7-20(23)12-9-19-10-13-21(28-4)14-11-19/h5-8,10-11,13-14,22,26H,1,9,12,15-17H2,2-4H3/t22-/m0/s1. The van der Waals surface area contributed by atoms with Gasteiger partial charge in [0.15, 0.2) is 0 Å². The molecule has 0 aliphatic heterocycles. The lowest BCUT2D eigenvalue weighted by atomic mass is 10.0. The van der Waals surface area contributed by atoms with Gasteiger partial charge in [0.1, 0.15) is 30.6 Å². The molecule has 162 valence electrons. The summed E-state index contributed by atoms with van der Waals surface area (Å²) >= 11 is 0. The number of aliphatic hydroxyl groups excluding tert-OH is 1. The first-order valence-corrected chi connectivity index (χ1v) is 9.92. The van der Waals surface area contributed by atoms with Crippen LogP contribution in [0, 0.1) is 0 Å². The number of ether oxygens (including phenoxy) is 3. The lowest BCUT2D eigenvalue weighted by Crippen LogP contribution is -2.35. The molecule has 0 saturated carbocycles. The Hall–Kier alpha value is -2.99.